The largest absolute Gasteiger partial charge is 0.443 e. The number of halogens is 1. The summed E-state index contributed by atoms with van der Waals surface area (Å²) in [5, 5.41) is 7.71. The lowest BCUT2D eigenvalue weighted by Gasteiger charge is -2.14. The first kappa shape index (κ1) is 14.5. The topological polar surface area (TPSA) is 112 Å². The molecule has 1 saturated heterocycles. The Bertz CT molecular complexity index is 597. The summed E-state index contributed by atoms with van der Waals surface area (Å²) in [6, 6.07) is 0.976. The minimum Gasteiger partial charge on any atom is -0.443 e. The fourth-order valence-corrected chi connectivity index (χ4v) is 3.32. The number of primary sulfonamides is 1. The van der Waals surface area contributed by atoms with Crippen molar-refractivity contribution in [1.82, 2.24) is 5.32 Å². The standard InChI is InChI=1S/C10H13BrN2O5S/c1-5-6(2-3-17-5)13-10(14)7-4-8(9(11)18-7)19(12,15)16/h4-6H,2-3H2,1H3,(H,13,14)(H2,12,15,16). The van der Waals surface area contributed by atoms with E-state index in [1.165, 1.54) is 0 Å². The van der Waals surface area contributed by atoms with Gasteiger partial charge in [-0.3, -0.25) is 4.79 Å². The summed E-state index contributed by atoms with van der Waals surface area (Å²) >= 11 is 2.92. The van der Waals surface area contributed by atoms with Gasteiger partial charge in [0.1, 0.15) is 4.90 Å². The molecule has 0 radical (unpaired) electrons. The lowest BCUT2D eigenvalue weighted by Crippen LogP contribution is -2.39. The minimum atomic E-state index is -3.93. The predicted molar refractivity (Wildman–Crippen MR) is 69.1 cm³/mol. The number of carbonyl (C=O) groups excluding carboxylic acids is 1. The Morgan fingerprint density at radius 3 is 2.74 bits per heavy atom. The van der Waals surface area contributed by atoms with Gasteiger partial charge in [0.2, 0.25) is 10.0 Å². The predicted octanol–water partition coefficient (Wildman–Crippen LogP) is 0.597. The van der Waals surface area contributed by atoms with Crippen molar-refractivity contribution < 1.29 is 22.4 Å². The highest BCUT2D eigenvalue weighted by Crippen LogP contribution is 2.25. The summed E-state index contributed by atoms with van der Waals surface area (Å²) in [6.07, 6.45) is 0.622. The van der Waals surface area contributed by atoms with Crippen LogP contribution < -0.4 is 10.5 Å². The molecular formula is C10H13BrN2O5S. The van der Waals surface area contributed by atoms with E-state index in [2.05, 4.69) is 21.2 Å². The molecule has 1 aliphatic heterocycles. The molecule has 1 aromatic heterocycles. The number of nitrogens with one attached hydrogen (secondary N) is 1. The summed E-state index contributed by atoms with van der Waals surface area (Å²) in [5.74, 6) is -0.618. The number of carbonyl (C=O) groups is 1. The van der Waals surface area contributed by atoms with Crippen LogP contribution in [0, 0.1) is 0 Å². The number of ether oxygens (including phenoxy) is 1. The van der Waals surface area contributed by atoms with Gasteiger partial charge in [0.25, 0.3) is 5.91 Å². The third-order valence-corrected chi connectivity index (χ3v) is 4.65. The number of furan rings is 1. The van der Waals surface area contributed by atoms with Crippen molar-refractivity contribution in [2.75, 3.05) is 6.61 Å². The Hall–Kier alpha value is -0.900. The van der Waals surface area contributed by atoms with Gasteiger partial charge in [0, 0.05) is 12.7 Å². The van der Waals surface area contributed by atoms with E-state index in [9.17, 15) is 13.2 Å². The Kier molecular flexibility index (Phi) is 4.00. The number of sulfonamides is 1. The van der Waals surface area contributed by atoms with Crippen LogP contribution in [0.25, 0.3) is 0 Å². The van der Waals surface area contributed by atoms with Crippen LogP contribution in [0.5, 0.6) is 0 Å². The first-order chi connectivity index (χ1) is 8.79. The van der Waals surface area contributed by atoms with Crippen molar-refractivity contribution in [2.45, 2.75) is 30.4 Å². The summed E-state index contributed by atoms with van der Waals surface area (Å²) < 4.78 is 32.7. The van der Waals surface area contributed by atoms with Crippen LogP contribution in [0.3, 0.4) is 0 Å². The molecule has 2 heterocycles. The molecule has 0 aromatic carbocycles. The van der Waals surface area contributed by atoms with Gasteiger partial charge in [-0.1, -0.05) is 0 Å². The number of hydrogen-bond acceptors (Lipinski definition) is 5. The maximum atomic E-state index is 11.9. The molecule has 2 rings (SSSR count). The van der Waals surface area contributed by atoms with E-state index in [0.29, 0.717) is 13.0 Å². The highest BCUT2D eigenvalue weighted by atomic mass is 79.9. The Labute approximate surface area is 118 Å². The van der Waals surface area contributed by atoms with Gasteiger partial charge in [-0.25, -0.2) is 13.6 Å². The average Bonchev–Trinajstić information content (AvgIpc) is 2.85. The summed E-state index contributed by atoms with van der Waals surface area (Å²) in [6.45, 7) is 2.43. The molecule has 1 aliphatic rings. The second kappa shape index (κ2) is 5.23. The van der Waals surface area contributed by atoms with Crippen molar-refractivity contribution >= 4 is 31.9 Å². The zero-order chi connectivity index (χ0) is 14.2. The number of amides is 1. The van der Waals surface area contributed by atoms with E-state index < -0.39 is 15.9 Å². The molecule has 0 saturated carbocycles. The molecule has 106 valence electrons. The van der Waals surface area contributed by atoms with E-state index >= 15 is 0 Å². The van der Waals surface area contributed by atoms with Crippen LogP contribution in [0.15, 0.2) is 20.0 Å². The Balaban J connectivity index is 2.16. The second-order valence-corrected chi connectivity index (χ2v) is 6.49. The van der Waals surface area contributed by atoms with Gasteiger partial charge in [-0.2, -0.15) is 0 Å². The van der Waals surface area contributed by atoms with E-state index in [1.807, 2.05) is 6.92 Å². The first-order valence-electron chi connectivity index (χ1n) is 5.53. The minimum absolute atomic E-state index is 0.0833. The SMILES string of the molecule is CC1OCCC1NC(=O)c1cc(S(N)(=O)=O)c(Br)o1. The van der Waals surface area contributed by atoms with Gasteiger partial charge < -0.3 is 14.5 Å². The maximum absolute atomic E-state index is 11.9. The fourth-order valence-electron chi connectivity index (χ4n) is 1.82. The van der Waals surface area contributed by atoms with Crippen LogP contribution in [-0.4, -0.2) is 33.1 Å². The molecule has 7 nitrogen and oxygen atoms in total. The zero-order valence-corrected chi connectivity index (χ0v) is 12.5. The molecular weight excluding hydrogens is 340 g/mol. The van der Waals surface area contributed by atoms with Gasteiger partial charge in [-0.05, 0) is 29.3 Å². The highest BCUT2D eigenvalue weighted by Gasteiger charge is 2.28. The smallest absolute Gasteiger partial charge is 0.287 e. The maximum Gasteiger partial charge on any atom is 0.287 e. The molecule has 1 fully saturated rings. The van der Waals surface area contributed by atoms with Crippen molar-refractivity contribution in [3.05, 3.63) is 16.5 Å². The van der Waals surface area contributed by atoms with Gasteiger partial charge >= 0.3 is 0 Å². The van der Waals surface area contributed by atoms with Gasteiger partial charge in [-0.15, -0.1) is 0 Å². The van der Waals surface area contributed by atoms with Crippen molar-refractivity contribution in [3.63, 3.8) is 0 Å². The Morgan fingerprint density at radius 2 is 2.26 bits per heavy atom. The molecule has 3 N–H and O–H groups in total. The number of rotatable bonds is 3. The van der Waals surface area contributed by atoms with Gasteiger partial charge in [0.15, 0.2) is 10.4 Å². The van der Waals surface area contributed by atoms with Crippen LogP contribution in [-0.2, 0) is 14.8 Å². The van der Waals surface area contributed by atoms with E-state index in [1.54, 1.807) is 0 Å². The number of hydrogen-bond donors (Lipinski definition) is 2. The molecule has 9 heteroatoms. The quantitative estimate of drug-likeness (QED) is 0.826. The van der Waals surface area contributed by atoms with Crippen molar-refractivity contribution in [3.8, 4) is 0 Å². The molecule has 0 spiro atoms. The summed E-state index contributed by atoms with van der Waals surface area (Å²) in [5.41, 5.74) is 0. The Morgan fingerprint density at radius 1 is 1.58 bits per heavy atom. The lowest BCUT2D eigenvalue weighted by atomic mass is 10.1. The third-order valence-electron chi connectivity index (χ3n) is 2.88. The zero-order valence-electron chi connectivity index (χ0n) is 10.1. The first-order valence-corrected chi connectivity index (χ1v) is 7.87. The van der Waals surface area contributed by atoms with Crippen molar-refractivity contribution in [2.24, 2.45) is 5.14 Å². The van der Waals surface area contributed by atoms with Crippen LogP contribution in [0.1, 0.15) is 23.9 Å². The monoisotopic (exact) mass is 352 g/mol. The molecule has 1 aromatic rings. The van der Waals surface area contributed by atoms with Crippen LogP contribution >= 0.6 is 15.9 Å². The molecule has 2 atom stereocenters. The summed E-state index contributed by atoms with van der Waals surface area (Å²) in [4.78, 5) is 11.7. The average molecular weight is 353 g/mol. The second-order valence-electron chi connectivity index (χ2n) is 4.24. The molecule has 0 aliphatic carbocycles. The molecule has 2 unspecified atom stereocenters. The van der Waals surface area contributed by atoms with Gasteiger partial charge in [0.05, 0.1) is 12.1 Å². The molecule has 1 amide bonds. The normalized spacial score (nSPS) is 23.5. The van der Waals surface area contributed by atoms with Crippen LogP contribution in [0.2, 0.25) is 0 Å². The van der Waals surface area contributed by atoms with E-state index in [4.69, 9.17) is 14.3 Å². The molecule has 0 bridgehead atoms. The molecule has 19 heavy (non-hydrogen) atoms. The highest BCUT2D eigenvalue weighted by molar-refractivity contribution is 9.10. The van der Waals surface area contributed by atoms with E-state index in [-0.39, 0.29) is 27.5 Å². The number of nitrogens with two attached hydrogens (primary N) is 1. The fraction of sp³-hybridized carbons (Fsp3) is 0.500. The third kappa shape index (κ3) is 3.16. The lowest BCUT2D eigenvalue weighted by molar-refractivity contribution is 0.0841. The van der Waals surface area contributed by atoms with E-state index in [0.717, 1.165) is 6.07 Å². The van der Waals surface area contributed by atoms with Crippen molar-refractivity contribution in [1.29, 1.82) is 0 Å². The summed E-state index contributed by atoms with van der Waals surface area (Å²) in [7, 11) is -3.93. The van der Waals surface area contributed by atoms with Crippen LogP contribution in [0.4, 0.5) is 0 Å².